The summed E-state index contributed by atoms with van der Waals surface area (Å²) < 4.78 is 0. The molecule has 1 nitrogen and oxygen atoms in total. The minimum Gasteiger partial charge on any atom is -0.330 e. The van der Waals surface area contributed by atoms with E-state index in [1.165, 1.54) is 27.8 Å². The van der Waals surface area contributed by atoms with Crippen LogP contribution in [0.1, 0.15) is 16.7 Å². The lowest BCUT2D eigenvalue weighted by Gasteiger charge is -2.12. The van der Waals surface area contributed by atoms with Gasteiger partial charge >= 0.3 is 0 Å². The number of rotatable bonds is 3. The lowest BCUT2D eigenvalue weighted by atomic mass is 9.93. The zero-order valence-corrected chi connectivity index (χ0v) is 10.5. The number of benzene rings is 2. The average molecular weight is 225 g/mol. The van der Waals surface area contributed by atoms with Gasteiger partial charge < -0.3 is 5.73 Å². The molecule has 0 aliphatic rings. The Morgan fingerprint density at radius 2 is 1.71 bits per heavy atom. The summed E-state index contributed by atoms with van der Waals surface area (Å²) in [4.78, 5) is 0. The minimum atomic E-state index is 0.696. The van der Waals surface area contributed by atoms with Crippen LogP contribution in [-0.4, -0.2) is 6.54 Å². The van der Waals surface area contributed by atoms with Gasteiger partial charge in [-0.05, 0) is 49.1 Å². The summed E-state index contributed by atoms with van der Waals surface area (Å²) in [5.74, 6) is 0. The first-order valence-electron chi connectivity index (χ1n) is 6.08. The molecule has 0 unspecified atom stereocenters. The summed E-state index contributed by atoms with van der Waals surface area (Å²) in [5, 5.41) is 0. The first-order chi connectivity index (χ1) is 8.22. The van der Waals surface area contributed by atoms with Crippen molar-refractivity contribution in [1.29, 1.82) is 0 Å². The topological polar surface area (TPSA) is 26.0 Å². The average Bonchev–Trinajstić information content (AvgIpc) is 2.32. The second-order valence-corrected chi connectivity index (χ2v) is 4.51. The van der Waals surface area contributed by atoms with Crippen LogP contribution in [0.4, 0.5) is 0 Å². The second-order valence-electron chi connectivity index (χ2n) is 4.51. The summed E-state index contributed by atoms with van der Waals surface area (Å²) >= 11 is 0. The molecule has 2 rings (SSSR count). The second kappa shape index (κ2) is 5.15. The summed E-state index contributed by atoms with van der Waals surface area (Å²) in [6.45, 7) is 4.99. The lowest BCUT2D eigenvalue weighted by Crippen LogP contribution is -2.04. The van der Waals surface area contributed by atoms with Crippen molar-refractivity contribution in [2.45, 2.75) is 20.3 Å². The predicted molar refractivity (Wildman–Crippen MR) is 74.1 cm³/mol. The van der Waals surface area contributed by atoms with E-state index in [4.69, 9.17) is 5.73 Å². The van der Waals surface area contributed by atoms with Gasteiger partial charge in [-0.1, -0.05) is 48.0 Å². The van der Waals surface area contributed by atoms with E-state index < -0.39 is 0 Å². The highest BCUT2D eigenvalue weighted by atomic mass is 14.5. The summed E-state index contributed by atoms with van der Waals surface area (Å²) in [6, 6.07) is 15.1. The molecule has 0 radical (unpaired) electrons. The Hall–Kier alpha value is -1.60. The molecule has 1 heteroatoms. The van der Waals surface area contributed by atoms with Crippen molar-refractivity contribution >= 4 is 0 Å². The maximum atomic E-state index is 5.68. The van der Waals surface area contributed by atoms with Crippen LogP contribution < -0.4 is 5.73 Å². The molecular weight excluding hydrogens is 206 g/mol. The Balaban J connectivity index is 2.57. The zero-order valence-electron chi connectivity index (χ0n) is 10.5. The molecule has 17 heavy (non-hydrogen) atoms. The Labute approximate surface area is 103 Å². The van der Waals surface area contributed by atoms with Gasteiger partial charge in [-0.15, -0.1) is 0 Å². The van der Waals surface area contributed by atoms with Gasteiger partial charge in [0.1, 0.15) is 0 Å². The summed E-state index contributed by atoms with van der Waals surface area (Å²) in [6.07, 6.45) is 0.934. The van der Waals surface area contributed by atoms with Gasteiger partial charge in [-0.2, -0.15) is 0 Å². The van der Waals surface area contributed by atoms with Crippen LogP contribution in [-0.2, 0) is 6.42 Å². The van der Waals surface area contributed by atoms with Crippen LogP contribution in [0.25, 0.3) is 11.1 Å². The third-order valence-electron chi connectivity index (χ3n) is 3.11. The molecule has 0 aliphatic heterocycles. The number of aryl methyl sites for hydroxylation is 2. The molecule has 0 saturated heterocycles. The molecule has 2 aromatic carbocycles. The highest BCUT2D eigenvalue weighted by molar-refractivity contribution is 5.71. The van der Waals surface area contributed by atoms with Crippen molar-refractivity contribution in [2.75, 3.05) is 6.54 Å². The minimum absolute atomic E-state index is 0.696. The molecular formula is C16H19N. The van der Waals surface area contributed by atoms with Gasteiger partial charge in [-0.25, -0.2) is 0 Å². The fraction of sp³-hybridized carbons (Fsp3) is 0.250. The molecule has 0 saturated carbocycles. The van der Waals surface area contributed by atoms with Gasteiger partial charge in [0, 0.05) is 0 Å². The van der Waals surface area contributed by atoms with Crippen molar-refractivity contribution in [3.8, 4) is 11.1 Å². The van der Waals surface area contributed by atoms with Gasteiger partial charge in [0.05, 0.1) is 0 Å². The van der Waals surface area contributed by atoms with Crippen LogP contribution >= 0.6 is 0 Å². The fourth-order valence-electron chi connectivity index (χ4n) is 2.19. The Bertz CT molecular complexity index is 515. The third-order valence-corrected chi connectivity index (χ3v) is 3.11. The maximum Gasteiger partial charge on any atom is -0.00365 e. The Morgan fingerprint density at radius 1 is 0.941 bits per heavy atom. The van der Waals surface area contributed by atoms with E-state index in [-0.39, 0.29) is 0 Å². The van der Waals surface area contributed by atoms with E-state index in [1.807, 2.05) is 0 Å². The summed E-state index contributed by atoms with van der Waals surface area (Å²) in [5.41, 5.74) is 12.3. The highest BCUT2D eigenvalue weighted by Crippen LogP contribution is 2.28. The molecule has 0 aromatic heterocycles. The van der Waals surface area contributed by atoms with Crippen molar-refractivity contribution in [1.82, 2.24) is 0 Å². The van der Waals surface area contributed by atoms with Crippen molar-refractivity contribution in [2.24, 2.45) is 5.73 Å². The zero-order chi connectivity index (χ0) is 12.3. The van der Waals surface area contributed by atoms with Gasteiger partial charge in [0.25, 0.3) is 0 Å². The largest absolute Gasteiger partial charge is 0.330 e. The highest BCUT2D eigenvalue weighted by Gasteiger charge is 2.06. The van der Waals surface area contributed by atoms with Gasteiger partial charge in [-0.3, -0.25) is 0 Å². The van der Waals surface area contributed by atoms with E-state index in [0.29, 0.717) is 6.54 Å². The first kappa shape index (κ1) is 11.9. The lowest BCUT2D eigenvalue weighted by molar-refractivity contribution is 0.969. The van der Waals surface area contributed by atoms with Crippen LogP contribution in [0.5, 0.6) is 0 Å². The van der Waals surface area contributed by atoms with Crippen LogP contribution in [0, 0.1) is 13.8 Å². The monoisotopic (exact) mass is 225 g/mol. The van der Waals surface area contributed by atoms with Crippen LogP contribution in [0.3, 0.4) is 0 Å². The van der Waals surface area contributed by atoms with E-state index in [2.05, 4.69) is 56.3 Å². The SMILES string of the molecule is Cc1ccc(CCN)c(-c2ccccc2C)c1. The van der Waals surface area contributed by atoms with Crippen LogP contribution in [0.2, 0.25) is 0 Å². The predicted octanol–water partition coefficient (Wildman–Crippen LogP) is 3.47. The normalized spacial score (nSPS) is 10.5. The maximum absolute atomic E-state index is 5.68. The van der Waals surface area contributed by atoms with Gasteiger partial charge in [0.15, 0.2) is 0 Å². The van der Waals surface area contributed by atoms with E-state index >= 15 is 0 Å². The van der Waals surface area contributed by atoms with Gasteiger partial charge in [0.2, 0.25) is 0 Å². The van der Waals surface area contributed by atoms with Crippen LogP contribution in [0.15, 0.2) is 42.5 Å². The summed E-state index contributed by atoms with van der Waals surface area (Å²) in [7, 11) is 0. The number of hydrogen-bond acceptors (Lipinski definition) is 1. The molecule has 2 N–H and O–H groups in total. The Morgan fingerprint density at radius 3 is 2.41 bits per heavy atom. The molecule has 0 heterocycles. The smallest absolute Gasteiger partial charge is 0.00365 e. The van der Waals surface area contributed by atoms with Crippen molar-refractivity contribution in [3.05, 3.63) is 59.2 Å². The van der Waals surface area contributed by atoms with E-state index in [0.717, 1.165) is 6.42 Å². The Kier molecular flexibility index (Phi) is 3.60. The number of hydrogen-bond donors (Lipinski definition) is 1. The molecule has 0 fully saturated rings. The molecule has 0 aliphatic carbocycles. The first-order valence-corrected chi connectivity index (χ1v) is 6.08. The molecule has 2 aromatic rings. The van der Waals surface area contributed by atoms with E-state index in [9.17, 15) is 0 Å². The molecule has 0 atom stereocenters. The van der Waals surface area contributed by atoms with Crippen molar-refractivity contribution in [3.63, 3.8) is 0 Å². The molecule has 0 spiro atoms. The number of nitrogens with two attached hydrogens (primary N) is 1. The standard InChI is InChI=1S/C16H19N/c1-12-7-8-14(9-10-17)16(11-12)15-6-4-3-5-13(15)2/h3-8,11H,9-10,17H2,1-2H3. The molecule has 0 amide bonds. The fourth-order valence-corrected chi connectivity index (χ4v) is 2.19. The third kappa shape index (κ3) is 2.56. The quantitative estimate of drug-likeness (QED) is 0.850. The molecule has 88 valence electrons. The van der Waals surface area contributed by atoms with E-state index in [1.54, 1.807) is 0 Å². The van der Waals surface area contributed by atoms with Crippen molar-refractivity contribution < 1.29 is 0 Å². The molecule has 0 bridgehead atoms.